The average molecular weight is 309 g/mol. The molecule has 0 aromatic heterocycles. The summed E-state index contributed by atoms with van der Waals surface area (Å²) in [7, 11) is -0.988. The molecule has 0 radical (unpaired) electrons. The molecule has 0 bridgehead atoms. The van der Waals surface area contributed by atoms with Crippen LogP contribution in [0.3, 0.4) is 0 Å². The Morgan fingerprint density at radius 3 is 2.10 bits per heavy atom. The molecule has 0 aliphatic carbocycles. The van der Waals surface area contributed by atoms with Crippen molar-refractivity contribution in [1.29, 1.82) is 0 Å². The predicted octanol–water partition coefficient (Wildman–Crippen LogP) is 3.95. The quantitative estimate of drug-likeness (QED) is 0.865. The zero-order chi connectivity index (χ0) is 16.0. The van der Waals surface area contributed by atoms with Gasteiger partial charge in [-0.2, -0.15) is 0 Å². The Bertz CT molecular complexity index is 570. The summed E-state index contributed by atoms with van der Waals surface area (Å²) in [5.41, 5.74) is 0. The van der Waals surface area contributed by atoms with Gasteiger partial charge < -0.3 is 5.11 Å². The maximum Gasteiger partial charge on any atom is 0.0963 e. The van der Waals surface area contributed by atoms with Crippen molar-refractivity contribution in [3.63, 3.8) is 0 Å². The molecule has 1 N–H and O–H groups in total. The van der Waals surface area contributed by atoms with Gasteiger partial charge in [-0.3, -0.25) is 0 Å². The van der Waals surface area contributed by atoms with E-state index in [0.29, 0.717) is 4.90 Å². The lowest BCUT2D eigenvalue weighted by molar-refractivity contribution is 0.0652. The van der Waals surface area contributed by atoms with Gasteiger partial charge in [-0.15, -0.1) is 0 Å². The molecular formula is C17H27NO2S. The van der Waals surface area contributed by atoms with E-state index in [1.165, 1.54) is 0 Å². The Hall–Kier alpha value is -1.13. The molecular weight excluding hydrogens is 282 g/mol. The Morgan fingerprint density at radius 2 is 1.67 bits per heavy atom. The Labute approximate surface area is 129 Å². The minimum atomic E-state index is -2.56. The van der Waals surface area contributed by atoms with E-state index in [1.807, 2.05) is 50.3 Å². The second-order valence-electron chi connectivity index (χ2n) is 5.95. The van der Waals surface area contributed by atoms with E-state index in [0.717, 1.165) is 0 Å². The molecule has 0 saturated carbocycles. The second-order valence-corrected chi connectivity index (χ2v) is 8.19. The van der Waals surface area contributed by atoms with Crippen LogP contribution in [0.1, 0.15) is 27.7 Å². The van der Waals surface area contributed by atoms with Crippen LogP contribution in [0.25, 0.3) is 0 Å². The summed E-state index contributed by atoms with van der Waals surface area (Å²) in [4.78, 5) is 0.699. The fraction of sp³-hybridized carbons (Fsp3) is 0.529. The molecule has 3 nitrogen and oxygen atoms in total. The number of rotatable bonds is 6. The van der Waals surface area contributed by atoms with Crippen molar-refractivity contribution in [1.82, 2.24) is 0 Å². The highest BCUT2D eigenvalue weighted by molar-refractivity contribution is 7.96. The van der Waals surface area contributed by atoms with Crippen molar-refractivity contribution < 1.29 is 9.32 Å². The topological polar surface area (TPSA) is 49.7 Å². The van der Waals surface area contributed by atoms with Crippen molar-refractivity contribution in [2.24, 2.45) is 22.1 Å². The third-order valence-electron chi connectivity index (χ3n) is 3.68. The van der Waals surface area contributed by atoms with E-state index < -0.39 is 15.8 Å². The van der Waals surface area contributed by atoms with Crippen molar-refractivity contribution in [2.75, 3.05) is 7.05 Å². The van der Waals surface area contributed by atoms with Gasteiger partial charge in [0.1, 0.15) is 0 Å². The maximum atomic E-state index is 12.9. The molecule has 0 amide bonds. The van der Waals surface area contributed by atoms with E-state index >= 15 is 0 Å². The normalized spacial score (nSPS) is 17.9. The Kier molecular flexibility index (Phi) is 6.62. The van der Waals surface area contributed by atoms with Gasteiger partial charge in [0, 0.05) is 18.4 Å². The van der Waals surface area contributed by atoms with Crippen LogP contribution < -0.4 is 0 Å². The highest BCUT2D eigenvalue weighted by atomic mass is 32.2. The van der Waals surface area contributed by atoms with E-state index in [4.69, 9.17) is 0 Å². The summed E-state index contributed by atoms with van der Waals surface area (Å²) in [5, 5.41) is 12.0. The number of aliphatic hydroxyl groups excluding tert-OH is 1. The molecule has 0 aliphatic heterocycles. The molecule has 4 heteroatoms. The number of hydrogen-bond donors (Lipinski definition) is 1. The van der Waals surface area contributed by atoms with Gasteiger partial charge in [0.25, 0.3) is 0 Å². The van der Waals surface area contributed by atoms with E-state index in [1.54, 1.807) is 12.5 Å². The zero-order valence-corrected chi connectivity index (χ0v) is 14.4. The van der Waals surface area contributed by atoms with Crippen LogP contribution in [0.15, 0.2) is 51.1 Å². The molecule has 1 aromatic rings. The summed E-state index contributed by atoms with van der Waals surface area (Å²) in [6.45, 7) is 8.11. The molecule has 3 atom stereocenters. The third-order valence-corrected chi connectivity index (χ3v) is 5.70. The highest BCUT2D eigenvalue weighted by Gasteiger charge is 2.23. The van der Waals surface area contributed by atoms with Crippen molar-refractivity contribution in [3.8, 4) is 0 Å². The first-order chi connectivity index (χ1) is 9.81. The lowest BCUT2D eigenvalue weighted by atomic mass is 9.85. The Morgan fingerprint density at radius 1 is 1.10 bits per heavy atom. The summed E-state index contributed by atoms with van der Waals surface area (Å²) >= 11 is 0. The van der Waals surface area contributed by atoms with Crippen LogP contribution in [0.2, 0.25) is 0 Å². The first kappa shape index (κ1) is 17.9. The van der Waals surface area contributed by atoms with Crippen LogP contribution in [0.5, 0.6) is 0 Å². The first-order valence-corrected chi connectivity index (χ1v) is 8.96. The SMILES string of the molecule is CN=[S@](=O)(/C=C\[C@@H](C(C)C)[C@@H](O)C(C)C)c1ccccc1. The largest absolute Gasteiger partial charge is 0.392 e. The van der Waals surface area contributed by atoms with E-state index in [2.05, 4.69) is 18.2 Å². The molecule has 1 rings (SSSR count). The molecule has 0 heterocycles. The van der Waals surface area contributed by atoms with Gasteiger partial charge in [0.15, 0.2) is 0 Å². The smallest absolute Gasteiger partial charge is 0.0963 e. The molecule has 21 heavy (non-hydrogen) atoms. The van der Waals surface area contributed by atoms with E-state index in [-0.39, 0.29) is 17.8 Å². The molecule has 0 aliphatic rings. The minimum Gasteiger partial charge on any atom is -0.392 e. The van der Waals surface area contributed by atoms with Gasteiger partial charge in [0.2, 0.25) is 0 Å². The highest BCUT2D eigenvalue weighted by Crippen LogP contribution is 2.24. The number of nitrogens with zero attached hydrogens (tertiary/aromatic N) is 1. The molecule has 0 fully saturated rings. The summed E-state index contributed by atoms with van der Waals surface area (Å²) in [5.74, 6) is 0.402. The number of hydrogen-bond acceptors (Lipinski definition) is 3. The van der Waals surface area contributed by atoms with E-state index in [9.17, 15) is 9.32 Å². The summed E-state index contributed by atoms with van der Waals surface area (Å²) < 4.78 is 17.0. The van der Waals surface area contributed by atoms with Gasteiger partial charge in [-0.05, 0) is 24.0 Å². The van der Waals surface area contributed by atoms with Crippen LogP contribution in [0, 0.1) is 17.8 Å². The van der Waals surface area contributed by atoms with Crippen LogP contribution in [0.4, 0.5) is 0 Å². The van der Waals surface area contributed by atoms with Gasteiger partial charge in [0.05, 0.1) is 20.7 Å². The average Bonchev–Trinajstić information content (AvgIpc) is 2.47. The van der Waals surface area contributed by atoms with Crippen molar-refractivity contribution in [2.45, 2.75) is 38.7 Å². The molecule has 0 spiro atoms. The summed E-state index contributed by atoms with van der Waals surface area (Å²) in [6.07, 6.45) is 1.43. The predicted molar refractivity (Wildman–Crippen MR) is 89.5 cm³/mol. The van der Waals surface area contributed by atoms with Gasteiger partial charge >= 0.3 is 0 Å². The number of aliphatic hydroxyl groups is 1. The monoisotopic (exact) mass is 309 g/mol. The lowest BCUT2D eigenvalue weighted by Crippen LogP contribution is -2.28. The van der Waals surface area contributed by atoms with Crippen LogP contribution >= 0.6 is 0 Å². The first-order valence-electron chi connectivity index (χ1n) is 7.38. The maximum absolute atomic E-state index is 12.9. The van der Waals surface area contributed by atoms with Gasteiger partial charge in [-0.1, -0.05) is 52.0 Å². The molecule has 118 valence electrons. The third kappa shape index (κ3) is 4.68. The van der Waals surface area contributed by atoms with Crippen molar-refractivity contribution in [3.05, 3.63) is 41.8 Å². The minimum absolute atomic E-state index is 0.0312. The summed E-state index contributed by atoms with van der Waals surface area (Å²) in [6, 6.07) is 9.25. The zero-order valence-electron chi connectivity index (χ0n) is 13.6. The second kappa shape index (κ2) is 7.76. The fourth-order valence-electron chi connectivity index (χ4n) is 2.23. The van der Waals surface area contributed by atoms with Crippen LogP contribution in [-0.2, 0) is 9.73 Å². The fourth-order valence-corrected chi connectivity index (χ4v) is 3.66. The van der Waals surface area contributed by atoms with Gasteiger partial charge in [-0.25, -0.2) is 8.57 Å². The lowest BCUT2D eigenvalue weighted by Gasteiger charge is -2.26. The standard InChI is InChI=1S/C17H27NO2S/c1-13(2)16(17(19)14(3)4)11-12-21(20,18-5)15-9-7-6-8-10-15/h6-14,16-17,19H,1-5H3/b12-11-/t16-,17-,21-/m0/s1. The Balaban J connectivity index is 3.12. The van der Waals surface area contributed by atoms with Crippen LogP contribution in [-0.4, -0.2) is 22.5 Å². The molecule has 0 saturated heterocycles. The van der Waals surface area contributed by atoms with Crippen molar-refractivity contribution >= 4 is 9.73 Å². The number of benzene rings is 1. The molecule has 1 aromatic carbocycles. The molecule has 0 unspecified atom stereocenters.